The summed E-state index contributed by atoms with van der Waals surface area (Å²) in [5.74, 6) is -1.20. The molecule has 4 saturated heterocycles. The normalized spacial score (nSPS) is 30.0. The van der Waals surface area contributed by atoms with Crippen molar-refractivity contribution in [3.8, 4) is 0 Å². The third-order valence-corrected chi connectivity index (χ3v) is 14.3. The van der Waals surface area contributed by atoms with Gasteiger partial charge in [0.25, 0.3) is 5.91 Å². The molecule has 0 aliphatic carbocycles. The average molecular weight is 733 g/mol. The maximum atomic E-state index is 15.1. The van der Waals surface area contributed by atoms with Crippen molar-refractivity contribution in [1.82, 2.24) is 15.5 Å². The minimum absolute atomic E-state index is 0.0196. The van der Waals surface area contributed by atoms with Crippen LogP contribution in [-0.4, -0.2) is 97.2 Å². The van der Waals surface area contributed by atoms with Gasteiger partial charge in [0.05, 0.1) is 49.5 Å². The second kappa shape index (κ2) is 14.6. The summed E-state index contributed by atoms with van der Waals surface area (Å²) in [6.45, 7) is 7.79. The molecule has 7 rings (SSSR count). The van der Waals surface area contributed by atoms with Crippen LogP contribution in [0.3, 0.4) is 0 Å². The molecule has 7 atom stereocenters. The number of benzene rings is 2. The zero-order valence-corrected chi connectivity index (χ0v) is 31.3. The van der Waals surface area contributed by atoms with Crippen LogP contribution in [-0.2, 0) is 36.1 Å². The van der Waals surface area contributed by atoms with E-state index in [0.29, 0.717) is 29.2 Å². The van der Waals surface area contributed by atoms with Crippen molar-refractivity contribution in [2.24, 2.45) is 5.92 Å². The number of amides is 4. The van der Waals surface area contributed by atoms with Crippen LogP contribution < -0.4 is 26.2 Å². The number of nitrogens with one attached hydrogen (secondary N) is 4. The summed E-state index contributed by atoms with van der Waals surface area (Å²) in [6.07, 6.45) is 4.17. The fourth-order valence-corrected chi connectivity index (χ4v) is 11.9. The van der Waals surface area contributed by atoms with Gasteiger partial charge >= 0.3 is 0 Å². The Morgan fingerprint density at radius 1 is 0.962 bits per heavy atom. The molecule has 280 valence electrons. The highest BCUT2D eigenvalue weighted by molar-refractivity contribution is 6.71. The highest BCUT2D eigenvalue weighted by atomic mass is 28.4. The van der Waals surface area contributed by atoms with Crippen LogP contribution >= 0.6 is 0 Å². The molecule has 1 spiro atoms. The van der Waals surface area contributed by atoms with E-state index in [9.17, 15) is 24.3 Å². The first-order valence-corrected chi connectivity index (χ1v) is 21.9. The molecule has 0 saturated carbocycles. The van der Waals surface area contributed by atoms with Gasteiger partial charge in [-0.1, -0.05) is 19.1 Å². The molecule has 2 aromatic carbocycles. The van der Waals surface area contributed by atoms with Crippen molar-refractivity contribution in [3.63, 3.8) is 0 Å². The van der Waals surface area contributed by atoms with Crippen LogP contribution in [0.2, 0.25) is 18.6 Å². The second-order valence-electron chi connectivity index (χ2n) is 15.7. The Hall–Kier alpha value is -3.66. The van der Waals surface area contributed by atoms with Crippen LogP contribution in [0.4, 0.5) is 17.1 Å². The molecule has 0 aromatic heterocycles. The Labute approximate surface area is 306 Å². The molecule has 0 unspecified atom stereocenters. The predicted octanol–water partition coefficient (Wildman–Crippen LogP) is 2.79. The topological polar surface area (TPSA) is 173 Å². The summed E-state index contributed by atoms with van der Waals surface area (Å²) in [5, 5.41) is 22.4. The summed E-state index contributed by atoms with van der Waals surface area (Å²) < 4.78 is 6.94. The maximum absolute atomic E-state index is 15.1. The minimum atomic E-state index is -3.05. The van der Waals surface area contributed by atoms with Crippen molar-refractivity contribution >= 4 is 49.0 Å². The van der Waals surface area contributed by atoms with E-state index in [0.717, 1.165) is 57.2 Å². The van der Waals surface area contributed by atoms with E-state index in [1.807, 2.05) is 56.4 Å². The number of hydrogen-bond donors (Lipinski definition) is 6. The van der Waals surface area contributed by atoms with Crippen LogP contribution in [0.5, 0.6) is 0 Å². The molecule has 13 nitrogen and oxygen atoms in total. The summed E-state index contributed by atoms with van der Waals surface area (Å²) in [6, 6.07) is 12.1. The Morgan fingerprint density at radius 3 is 2.25 bits per heavy atom. The van der Waals surface area contributed by atoms with Gasteiger partial charge in [-0.25, -0.2) is 0 Å². The number of anilines is 3. The number of fused-ring (bicyclic) bond motifs is 2. The lowest BCUT2D eigenvalue weighted by Gasteiger charge is -2.33. The molecule has 4 fully saturated rings. The van der Waals surface area contributed by atoms with Gasteiger partial charge in [0.2, 0.25) is 17.7 Å². The van der Waals surface area contributed by atoms with Gasteiger partial charge in [0, 0.05) is 34.9 Å². The molecular formula is C38H52N6O7Si. The lowest BCUT2D eigenvalue weighted by atomic mass is 9.82. The van der Waals surface area contributed by atoms with E-state index in [-0.39, 0.29) is 61.3 Å². The zero-order chi connectivity index (χ0) is 36.8. The van der Waals surface area contributed by atoms with Gasteiger partial charge < -0.3 is 45.7 Å². The largest absolute Gasteiger partial charge is 0.432 e. The van der Waals surface area contributed by atoms with E-state index in [4.69, 9.17) is 4.74 Å². The standard InChI is InChI=1S/C38H52N6O7Si/c1-23-34(52(2,3)50)32(20-33(46)43-17-7-10-27(43)22-45)51-38(23)28-19-26(42-36(48)30-12-6-16-40-30)13-14-31(28)44(37(38)49)21-24-8-4-9-25(18-24)41-35(47)29-11-5-15-39-29/h4,8-9,13-14,18-19,23,27,29-30,32,34,39-40,45,50H,5-7,10-12,15-17,20-22H2,1-3H3,(H,41,47)(H,42,48)/t23-,27-,29+,30+,32+,34-,38+/m0/s1. The first-order valence-electron chi connectivity index (χ1n) is 18.8. The van der Waals surface area contributed by atoms with Crippen molar-refractivity contribution in [2.45, 2.75) is 107 Å². The molecule has 5 aliphatic rings. The molecule has 5 heterocycles. The lowest BCUT2D eigenvalue weighted by molar-refractivity contribution is -0.150. The molecule has 2 aromatic rings. The van der Waals surface area contributed by atoms with Gasteiger partial charge in [-0.05, 0) is 101 Å². The van der Waals surface area contributed by atoms with Gasteiger partial charge in [-0.3, -0.25) is 19.2 Å². The van der Waals surface area contributed by atoms with Crippen molar-refractivity contribution in [2.75, 3.05) is 41.8 Å². The molecular weight excluding hydrogens is 681 g/mol. The van der Waals surface area contributed by atoms with E-state index in [1.165, 1.54) is 0 Å². The van der Waals surface area contributed by atoms with Crippen LogP contribution in [0.25, 0.3) is 0 Å². The van der Waals surface area contributed by atoms with E-state index in [1.54, 1.807) is 15.9 Å². The molecule has 6 N–H and O–H groups in total. The molecule has 4 amide bonds. The Balaban J connectivity index is 1.23. The first-order chi connectivity index (χ1) is 24.9. The predicted molar refractivity (Wildman–Crippen MR) is 199 cm³/mol. The second-order valence-corrected chi connectivity index (χ2v) is 19.7. The summed E-state index contributed by atoms with van der Waals surface area (Å²) in [7, 11) is -3.05. The van der Waals surface area contributed by atoms with Crippen molar-refractivity contribution in [1.29, 1.82) is 0 Å². The zero-order valence-electron chi connectivity index (χ0n) is 30.3. The van der Waals surface area contributed by atoms with Gasteiger partial charge in [-0.2, -0.15) is 0 Å². The first kappa shape index (κ1) is 36.7. The number of nitrogens with zero attached hydrogens (tertiary/aromatic N) is 2. The molecule has 52 heavy (non-hydrogen) atoms. The summed E-state index contributed by atoms with van der Waals surface area (Å²) in [4.78, 5) is 70.0. The third kappa shape index (κ3) is 6.80. The average Bonchev–Trinajstić information content (AvgIpc) is 3.95. The van der Waals surface area contributed by atoms with Crippen molar-refractivity contribution in [3.05, 3.63) is 53.6 Å². The van der Waals surface area contributed by atoms with Crippen molar-refractivity contribution < 1.29 is 33.8 Å². The number of hydrogen-bond acceptors (Lipinski definition) is 9. The fourth-order valence-electron chi connectivity index (χ4n) is 9.36. The number of likely N-dealkylation sites (tertiary alicyclic amines) is 1. The smallest absolute Gasteiger partial charge is 0.264 e. The summed E-state index contributed by atoms with van der Waals surface area (Å²) >= 11 is 0. The minimum Gasteiger partial charge on any atom is -0.432 e. The lowest BCUT2D eigenvalue weighted by Crippen LogP contribution is -2.46. The Morgan fingerprint density at radius 2 is 1.63 bits per heavy atom. The maximum Gasteiger partial charge on any atom is 0.264 e. The van der Waals surface area contributed by atoms with Gasteiger partial charge in [0.15, 0.2) is 13.9 Å². The molecule has 14 heteroatoms. The SMILES string of the molecule is C[C@H]1[C@H]([Si](C)(C)O)[C@@H](CC(=O)N2CCC[C@H]2CO)O[C@]12C(=O)N(Cc1cccc(NC(=O)[C@H]3CCCN3)c1)c1ccc(NC(=O)[C@H]3CCCN3)cc12. The van der Waals surface area contributed by atoms with Crippen LogP contribution in [0, 0.1) is 5.92 Å². The monoisotopic (exact) mass is 732 g/mol. The van der Waals surface area contributed by atoms with Gasteiger partial charge in [-0.15, -0.1) is 0 Å². The molecule has 0 bridgehead atoms. The van der Waals surface area contributed by atoms with E-state index >= 15 is 4.79 Å². The number of rotatable bonds is 10. The molecule has 0 radical (unpaired) electrons. The van der Waals surface area contributed by atoms with Gasteiger partial charge in [0.1, 0.15) is 0 Å². The summed E-state index contributed by atoms with van der Waals surface area (Å²) in [5.41, 5.74) is 1.20. The number of carbonyl (C=O) groups excluding carboxylic acids is 4. The quantitative estimate of drug-likeness (QED) is 0.201. The Kier molecular flexibility index (Phi) is 10.3. The highest BCUT2D eigenvalue weighted by Crippen LogP contribution is 2.60. The number of ether oxygens (including phenoxy) is 1. The molecule has 5 aliphatic heterocycles. The third-order valence-electron chi connectivity index (χ3n) is 11.8. The number of aliphatic hydroxyl groups excluding tert-OH is 1. The number of aliphatic hydroxyl groups is 1. The Bertz CT molecular complexity index is 1710. The fraction of sp³-hybridized carbons (Fsp3) is 0.579. The van der Waals surface area contributed by atoms with Crippen LogP contribution in [0.15, 0.2) is 42.5 Å². The highest BCUT2D eigenvalue weighted by Gasteiger charge is 2.66. The van der Waals surface area contributed by atoms with E-state index in [2.05, 4.69) is 21.3 Å². The van der Waals surface area contributed by atoms with E-state index < -0.39 is 31.5 Å². The number of carbonyl (C=O) groups is 4. The van der Waals surface area contributed by atoms with Crippen LogP contribution in [0.1, 0.15) is 63.0 Å².